The Bertz CT molecular complexity index is 732. The minimum Gasteiger partial charge on any atom is -0.342 e. The zero-order valence-electron chi connectivity index (χ0n) is 14.1. The molecule has 4 rings (SSSR count). The smallest absolute Gasteiger partial charge is 0.230 e. The lowest BCUT2D eigenvalue weighted by Gasteiger charge is -2.35. The van der Waals surface area contributed by atoms with Crippen molar-refractivity contribution < 1.29 is 9.32 Å². The van der Waals surface area contributed by atoms with E-state index >= 15 is 0 Å². The molecule has 126 valence electrons. The molecule has 1 aromatic heterocycles. The third kappa shape index (κ3) is 2.83. The summed E-state index contributed by atoms with van der Waals surface area (Å²) in [7, 11) is 0. The number of likely N-dealkylation sites (tertiary alicyclic amines) is 1. The van der Waals surface area contributed by atoms with Crippen LogP contribution in [-0.2, 0) is 11.2 Å². The summed E-state index contributed by atoms with van der Waals surface area (Å²) in [5, 5.41) is 3.88. The molecule has 0 spiro atoms. The number of hydrogen-bond acceptors (Lipinski definition) is 4. The van der Waals surface area contributed by atoms with Crippen LogP contribution in [0.3, 0.4) is 0 Å². The maximum atomic E-state index is 13.0. The SMILES string of the molecule is Cc1noc(C2CCN(C(=O)[C@@H]3CCCc4ccccc43)CC2)n1. The second-order valence-electron chi connectivity index (χ2n) is 6.92. The zero-order valence-corrected chi connectivity index (χ0v) is 14.1. The third-order valence-electron chi connectivity index (χ3n) is 5.37. The van der Waals surface area contributed by atoms with Crippen molar-refractivity contribution in [1.82, 2.24) is 15.0 Å². The first-order valence-corrected chi connectivity index (χ1v) is 8.89. The van der Waals surface area contributed by atoms with Gasteiger partial charge in [-0.15, -0.1) is 0 Å². The Hall–Kier alpha value is -2.17. The number of nitrogens with zero attached hydrogens (tertiary/aromatic N) is 3. The summed E-state index contributed by atoms with van der Waals surface area (Å²) in [4.78, 5) is 19.4. The van der Waals surface area contributed by atoms with E-state index in [0.29, 0.717) is 11.7 Å². The number of benzene rings is 1. The van der Waals surface area contributed by atoms with Gasteiger partial charge in [0.25, 0.3) is 0 Å². The molecular weight excluding hydrogens is 302 g/mol. The average molecular weight is 325 g/mol. The van der Waals surface area contributed by atoms with Crippen molar-refractivity contribution in [3.05, 3.63) is 47.1 Å². The van der Waals surface area contributed by atoms with Crippen LogP contribution in [0.5, 0.6) is 0 Å². The van der Waals surface area contributed by atoms with Crippen LogP contribution in [0.15, 0.2) is 28.8 Å². The molecule has 24 heavy (non-hydrogen) atoms. The molecule has 2 aromatic rings. The molecule has 1 aliphatic heterocycles. The van der Waals surface area contributed by atoms with Crippen molar-refractivity contribution in [3.63, 3.8) is 0 Å². The van der Waals surface area contributed by atoms with Gasteiger partial charge in [0.05, 0.1) is 5.92 Å². The summed E-state index contributed by atoms with van der Waals surface area (Å²) < 4.78 is 5.30. The highest BCUT2D eigenvalue weighted by atomic mass is 16.5. The molecule has 5 heteroatoms. The number of rotatable bonds is 2. The van der Waals surface area contributed by atoms with Crippen LogP contribution in [0, 0.1) is 6.92 Å². The molecule has 0 N–H and O–H groups in total. The number of aryl methyl sites for hydroxylation is 2. The third-order valence-corrected chi connectivity index (χ3v) is 5.37. The van der Waals surface area contributed by atoms with Crippen LogP contribution >= 0.6 is 0 Å². The first-order valence-electron chi connectivity index (χ1n) is 8.89. The molecule has 0 bridgehead atoms. The molecule has 1 aliphatic carbocycles. The Balaban J connectivity index is 1.44. The molecule has 1 aromatic carbocycles. The van der Waals surface area contributed by atoms with E-state index in [9.17, 15) is 4.79 Å². The molecule has 1 saturated heterocycles. The van der Waals surface area contributed by atoms with Crippen molar-refractivity contribution in [2.24, 2.45) is 0 Å². The van der Waals surface area contributed by atoms with Crippen LogP contribution < -0.4 is 0 Å². The van der Waals surface area contributed by atoms with Gasteiger partial charge in [-0.2, -0.15) is 4.98 Å². The molecule has 2 heterocycles. The van der Waals surface area contributed by atoms with E-state index in [2.05, 4.69) is 34.4 Å². The van der Waals surface area contributed by atoms with E-state index in [-0.39, 0.29) is 11.8 Å². The van der Waals surface area contributed by atoms with E-state index in [1.165, 1.54) is 11.1 Å². The lowest BCUT2D eigenvalue weighted by Crippen LogP contribution is -2.41. The average Bonchev–Trinajstić information content (AvgIpc) is 3.07. The number of carbonyl (C=O) groups is 1. The standard InChI is InChI=1S/C19H23N3O2/c1-13-20-18(24-21-13)15-9-11-22(12-10-15)19(23)17-8-4-6-14-5-2-3-7-16(14)17/h2-3,5,7,15,17H,4,6,8-12H2,1H3/t17-/m1/s1. The fourth-order valence-electron chi connectivity index (χ4n) is 4.06. The summed E-state index contributed by atoms with van der Waals surface area (Å²) in [6.07, 6.45) is 4.98. The zero-order chi connectivity index (χ0) is 16.5. The van der Waals surface area contributed by atoms with E-state index < -0.39 is 0 Å². The highest BCUT2D eigenvalue weighted by Gasteiger charge is 2.33. The van der Waals surface area contributed by atoms with Crippen LogP contribution in [0.1, 0.15) is 60.4 Å². The molecule has 2 aliphatic rings. The molecule has 0 saturated carbocycles. The van der Waals surface area contributed by atoms with Crippen LogP contribution in [0.2, 0.25) is 0 Å². The lowest BCUT2D eigenvalue weighted by atomic mass is 9.81. The fourth-order valence-corrected chi connectivity index (χ4v) is 4.06. The number of amides is 1. The molecule has 0 unspecified atom stereocenters. The largest absolute Gasteiger partial charge is 0.342 e. The Morgan fingerprint density at radius 1 is 1.21 bits per heavy atom. The minimum atomic E-state index is 0.0390. The lowest BCUT2D eigenvalue weighted by molar-refractivity contribution is -0.134. The number of fused-ring (bicyclic) bond motifs is 1. The number of hydrogen-bond donors (Lipinski definition) is 0. The Morgan fingerprint density at radius 2 is 2.00 bits per heavy atom. The van der Waals surface area contributed by atoms with Gasteiger partial charge in [-0.05, 0) is 50.2 Å². The maximum absolute atomic E-state index is 13.0. The van der Waals surface area contributed by atoms with Crippen LogP contribution in [0.25, 0.3) is 0 Å². The van der Waals surface area contributed by atoms with Crippen molar-refractivity contribution in [2.45, 2.75) is 50.9 Å². The van der Waals surface area contributed by atoms with Crippen LogP contribution in [0.4, 0.5) is 0 Å². The Morgan fingerprint density at radius 3 is 2.75 bits per heavy atom. The van der Waals surface area contributed by atoms with Crippen LogP contribution in [-0.4, -0.2) is 34.0 Å². The van der Waals surface area contributed by atoms with Crippen molar-refractivity contribution in [1.29, 1.82) is 0 Å². The maximum Gasteiger partial charge on any atom is 0.230 e. The monoisotopic (exact) mass is 325 g/mol. The van der Waals surface area contributed by atoms with Crippen molar-refractivity contribution in [2.75, 3.05) is 13.1 Å². The minimum absolute atomic E-state index is 0.0390. The van der Waals surface area contributed by atoms with Crippen molar-refractivity contribution >= 4 is 5.91 Å². The van der Waals surface area contributed by atoms with Gasteiger partial charge in [-0.25, -0.2) is 0 Å². The highest BCUT2D eigenvalue weighted by Crippen LogP contribution is 2.35. The first kappa shape index (κ1) is 15.4. The van der Waals surface area contributed by atoms with Gasteiger partial charge in [0.2, 0.25) is 11.8 Å². The quantitative estimate of drug-likeness (QED) is 0.851. The van der Waals surface area contributed by atoms with Gasteiger partial charge in [0, 0.05) is 19.0 Å². The molecule has 1 amide bonds. The van der Waals surface area contributed by atoms with E-state index in [4.69, 9.17) is 4.52 Å². The molecular formula is C19H23N3O2. The van der Waals surface area contributed by atoms with E-state index in [0.717, 1.165) is 51.1 Å². The second kappa shape index (κ2) is 6.38. The molecule has 1 atom stereocenters. The number of carbonyl (C=O) groups excluding carboxylic acids is 1. The molecule has 0 radical (unpaired) electrons. The predicted octanol–water partition coefficient (Wildman–Crippen LogP) is 3.20. The summed E-state index contributed by atoms with van der Waals surface area (Å²) in [6, 6.07) is 8.42. The Labute approximate surface area is 142 Å². The summed E-state index contributed by atoms with van der Waals surface area (Å²) >= 11 is 0. The van der Waals surface area contributed by atoms with Gasteiger partial charge in [-0.3, -0.25) is 4.79 Å². The molecule has 1 fully saturated rings. The van der Waals surface area contributed by atoms with Gasteiger partial charge in [-0.1, -0.05) is 29.4 Å². The Kier molecular flexibility index (Phi) is 4.08. The topological polar surface area (TPSA) is 59.2 Å². The summed E-state index contributed by atoms with van der Waals surface area (Å²) in [6.45, 7) is 3.40. The normalized spacial score (nSPS) is 21.5. The van der Waals surface area contributed by atoms with Crippen molar-refractivity contribution in [3.8, 4) is 0 Å². The van der Waals surface area contributed by atoms with Gasteiger partial charge >= 0.3 is 0 Å². The highest BCUT2D eigenvalue weighted by molar-refractivity contribution is 5.84. The fraction of sp³-hybridized carbons (Fsp3) is 0.526. The summed E-state index contributed by atoms with van der Waals surface area (Å²) in [5.41, 5.74) is 2.58. The second-order valence-corrected chi connectivity index (χ2v) is 6.92. The van der Waals surface area contributed by atoms with Gasteiger partial charge in [0.15, 0.2) is 5.82 Å². The van der Waals surface area contributed by atoms with E-state index in [1.807, 2.05) is 11.8 Å². The van der Waals surface area contributed by atoms with E-state index in [1.54, 1.807) is 0 Å². The van der Waals surface area contributed by atoms with Gasteiger partial charge < -0.3 is 9.42 Å². The first-order chi connectivity index (χ1) is 11.7. The van der Waals surface area contributed by atoms with Gasteiger partial charge in [0.1, 0.15) is 0 Å². The number of aromatic nitrogens is 2. The molecule has 5 nitrogen and oxygen atoms in total. The predicted molar refractivity (Wildman–Crippen MR) is 89.7 cm³/mol. The number of piperidine rings is 1. The summed E-state index contributed by atoms with van der Waals surface area (Å²) in [5.74, 6) is 2.03.